The summed E-state index contributed by atoms with van der Waals surface area (Å²) in [6, 6.07) is 10.1. The molecule has 0 bridgehead atoms. The maximum Gasteiger partial charge on any atom is 0.0685 e. The van der Waals surface area contributed by atoms with Gasteiger partial charge in [-0.3, -0.25) is 0 Å². The van der Waals surface area contributed by atoms with Crippen molar-refractivity contribution in [3.05, 3.63) is 41.7 Å². The smallest absolute Gasteiger partial charge is 0.0685 e. The minimum Gasteiger partial charge on any atom is -0.399 e. The van der Waals surface area contributed by atoms with E-state index in [1.165, 1.54) is 5.69 Å². The van der Waals surface area contributed by atoms with Gasteiger partial charge in [0.15, 0.2) is 0 Å². The van der Waals surface area contributed by atoms with Gasteiger partial charge in [0.1, 0.15) is 0 Å². The third-order valence-corrected chi connectivity index (χ3v) is 3.36. The summed E-state index contributed by atoms with van der Waals surface area (Å²) in [6.07, 6.45) is 0. The molecule has 0 radical (unpaired) electrons. The largest absolute Gasteiger partial charge is 0.399 e. The van der Waals surface area contributed by atoms with E-state index in [4.69, 9.17) is 10.8 Å². The van der Waals surface area contributed by atoms with E-state index in [0.717, 1.165) is 17.1 Å². The van der Waals surface area contributed by atoms with Crippen LogP contribution >= 0.6 is 0 Å². The van der Waals surface area contributed by atoms with Crippen molar-refractivity contribution in [2.75, 3.05) is 5.73 Å². The summed E-state index contributed by atoms with van der Waals surface area (Å²) in [5.74, 6) is 0. The molecule has 0 atom stereocenters. The Morgan fingerprint density at radius 3 is 2.10 bits per heavy atom. The van der Waals surface area contributed by atoms with Gasteiger partial charge in [0.05, 0.1) is 11.4 Å². The van der Waals surface area contributed by atoms with Crippen LogP contribution in [-0.4, -0.2) is 9.78 Å². The number of anilines is 1. The first-order chi connectivity index (χ1) is 9.09. The molecule has 1 aromatic carbocycles. The molecule has 2 rings (SSSR count). The van der Waals surface area contributed by atoms with E-state index in [1.807, 2.05) is 28.9 Å². The summed E-state index contributed by atoms with van der Waals surface area (Å²) in [4.78, 5) is 0. The topological polar surface area (TPSA) is 43.8 Å². The predicted octanol–water partition coefficient (Wildman–Crippen LogP) is 4.05. The van der Waals surface area contributed by atoms with Gasteiger partial charge in [-0.2, -0.15) is 5.10 Å². The fraction of sp³-hybridized carbons (Fsp3) is 0.471. The second-order valence-electron chi connectivity index (χ2n) is 7.42. The predicted molar refractivity (Wildman–Crippen MR) is 85.4 cm³/mol. The minimum atomic E-state index is 0.0289. The lowest BCUT2D eigenvalue weighted by Crippen LogP contribution is -2.17. The molecule has 1 aromatic heterocycles. The molecule has 0 unspecified atom stereocenters. The van der Waals surface area contributed by atoms with Crippen LogP contribution in [0.2, 0.25) is 0 Å². The number of benzene rings is 1. The highest BCUT2D eigenvalue weighted by Crippen LogP contribution is 2.30. The number of nitrogens with zero attached hydrogens (tertiary/aromatic N) is 2. The Kier molecular flexibility index (Phi) is 3.41. The molecule has 0 fully saturated rings. The van der Waals surface area contributed by atoms with Crippen molar-refractivity contribution >= 4 is 5.69 Å². The molecule has 2 aromatic rings. The lowest BCUT2D eigenvalue weighted by molar-refractivity contribution is 0.537. The highest BCUT2D eigenvalue weighted by Gasteiger charge is 2.26. The van der Waals surface area contributed by atoms with E-state index in [0.29, 0.717) is 0 Å². The molecule has 0 spiro atoms. The van der Waals surface area contributed by atoms with Crippen LogP contribution < -0.4 is 5.73 Å². The van der Waals surface area contributed by atoms with Crippen molar-refractivity contribution in [1.82, 2.24) is 9.78 Å². The normalized spacial score (nSPS) is 12.7. The van der Waals surface area contributed by atoms with Crippen LogP contribution in [0.1, 0.15) is 52.9 Å². The Hall–Kier alpha value is -1.77. The Balaban J connectivity index is 2.65. The Bertz CT molecular complexity index is 610. The van der Waals surface area contributed by atoms with E-state index < -0.39 is 0 Å². The standard InChI is InChI=1S/C17H25N3/c1-16(2,3)14-11-15(17(4,5)6)20(19-14)13-9-7-8-12(18)10-13/h7-11H,18H2,1-6H3. The molecule has 108 valence electrons. The molecule has 0 aliphatic carbocycles. The number of rotatable bonds is 1. The summed E-state index contributed by atoms with van der Waals surface area (Å²) in [6.45, 7) is 13.2. The number of nitrogens with two attached hydrogens (primary N) is 1. The van der Waals surface area contributed by atoms with E-state index in [-0.39, 0.29) is 10.8 Å². The average Bonchev–Trinajstić information content (AvgIpc) is 2.72. The first kappa shape index (κ1) is 14.6. The Morgan fingerprint density at radius 1 is 0.950 bits per heavy atom. The molecule has 0 aliphatic heterocycles. The zero-order chi connectivity index (χ0) is 15.1. The molecule has 1 heterocycles. The van der Waals surface area contributed by atoms with Crippen LogP contribution in [0.4, 0.5) is 5.69 Å². The van der Waals surface area contributed by atoms with Crippen LogP contribution in [0, 0.1) is 0 Å². The Labute approximate surface area is 121 Å². The lowest BCUT2D eigenvalue weighted by atomic mass is 9.88. The van der Waals surface area contributed by atoms with Gasteiger partial charge < -0.3 is 5.73 Å². The number of aromatic nitrogens is 2. The molecule has 20 heavy (non-hydrogen) atoms. The van der Waals surface area contributed by atoms with E-state index in [1.54, 1.807) is 0 Å². The van der Waals surface area contributed by atoms with Gasteiger partial charge in [0.2, 0.25) is 0 Å². The maximum atomic E-state index is 5.91. The highest BCUT2D eigenvalue weighted by atomic mass is 15.3. The molecule has 0 aliphatic rings. The first-order valence-corrected chi connectivity index (χ1v) is 7.06. The van der Waals surface area contributed by atoms with E-state index in [2.05, 4.69) is 47.6 Å². The van der Waals surface area contributed by atoms with Crippen LogP contribution in [0.25, 0.3) is 5.69 Å². The number of nitrogen functional groups attached to an aromatic ring is 1. The molecule has 2 N–H and O–H groups in total. The molecule has 0 saturated heterocycles. The summed E-state index contributed by atoms with van der Waals surface area (Å²) >= 11 is 0. The van der Waals surface area contributed by atoms with Gasteiger partial charge in [0, 0.05) is 22.2 Å². The third-order valence-electron chi connectivity index (χ3n) is 3.36. The highest BCUT2D eigenvalue weighted by molar-refractivity contribution is 5.48. The van der Waals surface area contributed by atoms with Crippen molar-refractivity contribution in [1.29, 1.82) is 0 Å². The molecule has 3 nitrogen and oxygen atoms in total. The van der Waals surface area contributed by atoms with Crippen molar-refractivity contribution in [3.63, 3.8) is 0 Å². The van der Waals surface area contributed by atoms with Gasteiger partial charge in [-0.25, -0.2) is 4.68 Å². The average molecular weight is 271 g/mol. The zero-order valence-corrected chi connectivity index (χ0v) is 13.4. The van der Waals surface area contributed by atoms with Crippen LogP contribution in [0.15, 0.2) is 30.3 Å². The second kappa shape index (κ2) is 4.65. The van der Waals surface area contributed by atoms with Gasteiger partial charge >= 0.3 is 0 Å². The number of hydrogen-bond acceptors (Lipinski definition) is 2. The molecule has 0 saturated carbocycles. The van der Waals surface area contributed by atoms with Crippen molar-refractivity contribution < 1.29 is 0 Å². The monoisotopic (exact) mass is 271 g/mol. The van der Waals surface area contributed by atoms with Crippen LogP contribution in [-0.2, 0) is 10.8 Å². The zero-order valence-electron chi connectivity index (χ0n) is 13.4. The summed E-state index contributed by atoms with van der Waals surface area (Å²) in [5, 5.41) is 4.82. The van der Waals surface area contributed by atoms with Gasteiger partial charge in [-0.05, 0) is 24.3 Å². The first-order valence-electron chi connectivity index (χ1n) is 7.06. The summed E-state index contributed by atoms with van der Waals surface area (Å²) in [5.41, 5.74) is 10.1. The van der Waals surface area contributed by atoms with Crippen molar-refractivity contribution in [2.24, 2.45) is 0 Å². The number of hydrogen-bond donors (Lipinski definition) is 1. The van der Waals surface area contributed by atoms with Crippen molar-refractivity contribution in [2.45, 2.75) is 52.4 Å². The van der Waals surface area contributed by atoms with E-state index in [9.17, 15) is 0 Å². The quantitative estimate of drug-likeness (QED) is 0.795. The fourth-order valence-corrected chi connectivity index (χ4v) is 2.14. The summed E-state index contributed by atoms with van der Waals surface area (Å²) in [7, 11) is 0. The van der Waals surface area contributed by atoms with Gasteiger partial charge in [-0.1, -0.05) is 47.6 Å². The molecular formula is C17H25N3. The van der Waals surface area contributed by atoms with E-state index >= 15 is 0 Å². The maximum absolute atomic E-state index is 5.91. The van der Waals surface area contributed by atoms with Gasteiger partial charge in [-0.15, -0.1) is 0 Å². The minimum absolute atomic E-state index is 0.0289. The third kappa shape index (κ3) is 2.87. The molecular weight excluding hydrogens is 246 g/mol. The van der Waals surface area contributed by atoms with Gasteiger partial charge in [0.25, 0.3) is 0 Å². The van der Waals surface area contributed by atoms with Crippen molar-refractivity contribution in [3.8, 4) is 5.69 Å². The Morgan fingerprint density at radius 2 is 1.60 bits per heavy atom. The lowest BCUT2D eigenvalue weighted by Gasteiger charge is -2.20. The SMILES string of the molecule is CC(C)(C)c1cc(C(C)(C)C)n(-c2cccc(N)c2)n1. The summed E-state index contributed by atoms with van der Waals surface area (Å²) < 4.78 is 2.02. The molecule has 3 heteroatoms. The van der Waals surface area contributed by atoms with Crippen LogP contribution in [0.5, 0.6) is 0 Å². The second-order valence-corrected chi connectivity index (χ2v) is 7.42. The fourth-order valence-electron chi connectivity index (χ4n) is 2.14. The van der Waals surface area contributed by atoms with Crippen LogP contribution in [0.3, 0.4) is 0 Å². The molecule has 0 amide bonds.